The van der Waals surface area contributed by atoms with Crippen LogP contribution < -0.4 is 11.0 Å². The van der Waals surface area contributed by atoms with Crippen LogP contribution in [0.4, 0.5) is 4.79 Å². The SMILES string of the molecule is CCNC(=O)N1CCCC(c2nn(CCOC)c(=O)n2C2CC2)C1. The topological polar surface area (TPSA) is 81.4 Å². The fourth-order valence-electron chi connectivity index (χ4n) is 3.35. The molecule has 1 aliphatic heterocycles. The summed E-state index contributed by atoms with van der Waals surface area (Å²) in [6, 6.07) is 0.255. The van der Waals surface area contributed by atoms with Crippen LogP contribution in [0.2, 0.25) is 0 Å². The molecule has 1 N–H and O–H groups in total. The van der Waals surface area contributed by atoms with Crippen LogP contribution in [0, 0.1) is 0 Å². The maximum atomic E-state index is 12.7. The van der Waals surface area contributed by atoms with Crippen molar-refractivity contribution in [1.82, 2.24) is 24.6 Å². The third-order valence-electron chi connectivity index (χ3n) is 4.72. The van der Waals surface area contributed by atoms with Crippen LogP contribution in [-0.4, -0.2) is 58.6 Å². The van der Waals surface area contributed by atoms with Crippen molar-refractivity contribution in [3.63, 3.8) is 0 Å². The first-order chi connectivity index (χ1) is 11.7. The third-order valence-corrected chi connectivity index (χ3v) is 4.72. The Labute approximate surface area is 141 Å². The Kier molecular flexibility index (Phi) is 5.23. The summed E-state index contributed by atoms with van der Waals surface area (Å²) in [6.45, 7) is 4.87. The van der Waals surface area contributed by atoms with E-state index in [-0.39, 0.29) is 23.7 Å². The summed E-state index contributed by atoms with van der Waals surface area (Å²) in [5.41, 5.74) is -0.0420. The van der Waals surface area contributed by atoms with Gasteiger partial charge >= 0.3 is 11.7 Å². The molecule has 3 rings (SSSR count). The number of urea groups is 1. The Balaban J connectivity index is 1.82. The van der Waals surface area contributed by atoms with E-state index in [1.807, 2.05) is 16.4 Å². The molecule has 1 atom stereocenters. The largest absolute Gasteiger partial charge is 0.383 e. The second-order valence-corrected chi connectivity index (χ2v) is 6.58. The molecule has 2 aliphatic rings. The Morgan fingerprint density at radius 2 is 2.17 bits per heavy atom. The molecule has 0 radical (unpaired) electrons. The molecule has 8 heteroatoms. The van der Waals surface area contributed by atoms with Crippen LogP contribution >= 0.6 is 0 Å². The monoisotopic (exact) mass is 337 g/mol. The fraction of sp³-hybridized carbons (Fsp3) is 0.812. The number of hydrogen-bond acceptors (Lipinski definition) is 4. The number of hydrogen-bond donors (Lipinski definition) is 1. The molecule has 1 unspecified atom stereocenters. The van der Waals surface area contributed by atoms with E-state index < -0.39 is 0 Å². The van der Waals surface area contributed by atoms with Crippen molar-refractivity contribution in [2.24, 2.45) is 0 Å². The number of ether oxygens (including phenoxy) is 1. The summed E-state index contributed by atoms with van der Waals surface area (Å²) in [5.74, 6) is 0.964. The molecule has 2 fully saturated rings. The number of carbonyl (C=O) groups is 1. The van der Waals surface area contributed by atoms with Crippen LogP contribution in [0.3, 0.4) is 0 Å². The summed E-state index contributed by atoms with van der Waals surface area (Å²) < 4.78 is 8.46. The van der Waals surface area contributed by atoms with E-state index in [0.29, 0.717) is 26.2 Å². The van der Waals surface area contributed by atoms with E-state index in [2.05, 4.69) is 10.4 Å². The molecular formula is C16H27N5O3. The molecule has 8 nitrogen and oxygen atoms in total. The highest BCUT2D eigenvalue weighted by Crippen LogP contribution is 2.37. The first kappa shape index (κ1) is 17.0. The number of carbonyl (C=O) groups excluding carboxylic acids is 1. The minimum Gasteiger partial charge on any atom is -0.383 e. The first-order valence-corrected chi connectivity index (χ1v) is 8.86. The zero-order valence-corrected chi connectivity index (χ0v) is 14.5. The summed E-state index contributed by atoms with van der Waals surface area (Å²) >= 11 is 0. The van der Waals surface area contributed by atoms with E-state index in [1.54, 1.807) is 7.11 Å². The van der Waals surface area contributed by atoms with Crippen molar-refractivity contribution in [3.8, 4) is 0 Å². The van der Waals surface area contributed by atoms with E-state index in [4.69, 9.17) is 4.74 Å². The highest BCUT2D eigenvalue weighted by Gasteiger charge is 2.35. The van der Waals surface area contributed by atoms with Gasteiger partial charge in [-0.2, -0.15) is 5.10 Å². The molecule has 2 heterocycles. The number of nitrogens with one attached hydrogen (secondary N) is 1. The summed E-state index contributed by atoms with van der Waals surface area (Å²) in [7, 11) is 1.62. The minimum atomic E-state index is -0.0420. The molecule has 0 aromatic carbocycles. The molecule has 1 aliphatic carbocycles. The molecule has 1 saturated heterocycles. The molecular weight excluding hydrogens is 310 g/mol. The number of nitrogens with zero attached hydrogens (tertiary/aromatic N) is 4. The van der Waals surface area contributed by atoms with Gasteiger partial charge in [-0.25, -0.2) is 14.3 Å². The number of aromatic nitrogens is 3. The zero-order chi connectivity index (χ0) is 17.1. The quantitative estimate of drug-likeness (QED) is 0.837. The van der Waals surface area contributed by atoms with Crippen LogP contribution in [0.5, 0.6) is 0 Å². The molecule has 0 bridgehead atoms. The van der Waals surface area contributed by atoms with Crippen molar-refractivity contribution < 1.29 is 9.53 Å². The predicted octanol–water partition coefficient (Wildman–Crippen LogP) is 0.935. The third kappa shape index (κ3) is 3.48. The van der Waals surface area contributed by atoms with Crippen molar-refractivity contribution in [3.05, 3.63) is 16.3 Å². The van der Waals surface area contributed by atoms with Gasteiger partial charge in [0.1, 0.15) is 5.82 Å². The van der Waals surface area contributed by atoms with Gasteiger partial charge in [0, 0.05) is 38.7 Å². The second kappa shape index (κ2) is 7.38. The zero-order valence-electron chi connectivity index (χ0n) is 14.5. The van der Waals surface area contributed by atoms with Gasteiger partial charge in [0.05, 0.1) is 13.2 Å². The van der Waals surface area contributed by atoms with Crippen molar-refractivity contribution in [2.75, 3.05) is 33.4 Å². The average molecular weight is 337 g/mol. The number of rotatable bonds is 6. The van der Waals surface area contributed by atoms with E-state index in [0.717, 1.165) is 38.1 Å². The van der Waals surface area contributed by atoms with Gasteiger partial charge in [-0.15, -0.1) is 0 Å². The summed E-state index contributed by atoms with van der Waals surface area (Å²) in [5, 5.41) is 7.46. The van der Waals surface area contributed by atoms with Gasteiger partial charge < -0.3 is 15.0 Å². The highest BCUT2D eigenvalue weighted by atomic mass is 16.5. The molecule has 1 aromatic rings. The highest BCUT2D eigenvalue weighted by molar-refractivity contribution is 5.74. The van der Waals surface area contributed by atoms with Gasteiger partial charge in [-0.1, -0.05) is 0 Å². The van der Waals surface area contributed by atoms with Gasteiger partial charge in [0.2, 0.25) is 0 Å². The lowest BCUT2D eigenvalue weighted by atomic mass is 9.97. The maximum Gasteiger partial charge on any atom is 0.346 e. The smallest absolute Gasteiger partial charge is 0.346 e. The van der Waals surface area contributed by atoms with Gasteiger partial charge in [0.15, 0.2) is 0 Å². The molecule has 24 heavy (non-hydrogen) atoms. The first-order valence-electron chi connectivity index (χ1n) is 8.86. The maximum absolute atomic E-state index is 12.7. The number of piperidine rings is 1. The number of likely N-dealkylation sites (tertiary alicyclic amines) is 1. The minimum absolute atomic E-state index is 0.0265. The van der Waals surface area contributed by atoms with Gasteiger partial charge in [-0.05, 0) is 32.6 Å². The Bertz CT molecular complexity index is 634. The second-order valence-electron chi connectivity index (χ2n) is 6.58. The van der Waals surface area contributed by atoms with Gasteiger partial charge in [-0.3, -0.25) is 4.57 Å². The van der Waals surface area contributed by atoms with Crippen LogP contribution in [0.25, 0.3) is 0 Å². The molecule has 2 amide bonds. The molecule has 1 saturated carbocycles. The van der Waals surface area contributed by atoms with E-state index >= 15 is 0 Å². The van der Waals surface area contributed by atoms with Crippen LogP contribution in [0.15, 0.2) is 4.79 Å². The van der Waals surface area contributed by atoms with Crippen molar-refractivity contribution in [1.29, 1.82) is 0 Å². The normalized spacial score (nSPS) is 21.1. The lowest BCUT2D eigenvalue weighted by Crippen LogP contribution is -2.45. The lowest BCUT2D eigenvalue weighted by Gasteiger charge is -2.32. The van der Waals surface area contributed by atoms with Crippen molar-refractivity contribution >= 4 is 6.03 Å². The fourth-order valence-corrected chi connectivity index (χ4v) is 3.35. The van der Waals surface area contributed by atoms with Crippen LogP contribution in [-0.2, 0) is 11.3 Å². The van der Waals surface area contributed by atoms with E-state index in [1.165, 1.54) is 4.68 Å². The predicted molar refractivity (Wildman–Crippen MR) is 89.3 cm³/mol. The van der Waals surface area contributed by atoms with Crippen molar-refractivity contribution in [2.45, 2.75) is 51.1 Å². The Hall–Kier alpha value is -1.83. The van der Waals surface area contributed by atoms with E-state index in [9.17, 15) is 9.59 Å². The summed E-state index contributed by atoms with van der Waals surface area (Å²) in [4.78, 5) is 26.6. The molecule has 134 valence electrons. The van der Waals surface area contributed by atoms with Gasteiger partial charge in [0.25, 0.3) is 0 Å². The number of amides is 2. The molecule has 1 aromatic heterocycles. The Morgan fingerprint density at radius 1 is 1.38 bits per heavy atom. The Morgan fingerprint density at radius 3 is 2.83 bits per heavy atom. The van der Waals surface area contributed by atoms with Crippen LogP contribution in [0.1, 0.15) is 50.4 Å². The number of methoxy groups -OCH3 is 1. The standard InChI is InChI=1S/C16H27N5O3/c1-3-17-15(22)19-8-4-5-12(11-19)14-18-20(9-10-24-2)16(23)21(14)13-6-7-13/h12-13H,3-11H2,1-2H3,(H,17,22). The summed E-state index contributed by atoms with van der Waals surface area (Å²) in [6.07, 6.45) is 3.97. The molecule has 0 spiro atoms. The lowest BCUT2D eigenvalue weighted by molar-refractivity contribution is 0.177. The average Bonchev–Trinajstić information content (AvgIpc) is 3.37.